The molecule has 0 aromatic rings. The fourth-order valence-corrected chi connectivity index (χ4v) is 2.29. The summed E-state index contributed by atoms with van der Waals surface area (Å²) in [7, 11) is 0. The molecule has 0 unspecified atom stereocenters. The van der Waals surface area contributed by atoms with E-state index < -0.39 is 12.3 Å². The number of aliphatic hydroxyl groups is 1. The van der Waals surface area contributed by atoms with E-state index in [1.807, 2.05) is 18.7 Å². The molecule has 0 bridgehead atoms. The van der Waals surface area contributed by atoms with E-state index in [0.29, 0.717) is 13.1 Å². The van der Waals surface area contributed by atoms with E-state index in [1.165, 1.54) is 12.8 Å². The van der Waals surface area contributed by atoms with E-state index in [2.05, 4.69) is 0 Å². The van der Waals surface area contributed by atoms with Gasteiger partial charge in [0.15, 0.2) is 0 Å². The van der Waals surface area contributed by atoms with Crippen LogP contribution in [0, 0.1) is 5.41 Å². The molecule has 0 spiro atoms. The van der Waals surface area contributed by atoms with E-state index in [1.54, 1.807) is 0 Å². The average Bonchev–Trinajstić information content (AvgIpc) is 2.88. The lowest BCUT2D eigenvalue weighted by Crippen LogP contribution is -2.32. The van der Waals surface area contributed by atoms with Crippen molar-refractivity contribution >= 4 is 0 Å². The second kappa shape index (κ2) is 4.59. The third-order valence-electron chi connectivity index (χ3n) is 3.53. The lowest BCUT2D eigenvalue weighted by Gasteiger charge is -2.23. The van der Waals surface area contributed by atoms with Gasteiger partial charge in [0.25, 0.3) is 0 Å². The largest absolute Gasteiger partial charge is 0.389 e. The molecule has 94 valence electrons. The minimum atomic E-state index is -1.07. The molecule has 1 N–H and O–H groups in total. The van der Waals surface area contributed by atoms with Gasteiger partial charge in [-0.05, 0) is 26.7 Å². The van der Waals surface area contributed by atoms with Gasteiger partial charge in [0.2, 0.25) is 0 Å². The van der Waals surface area contributed by atoms with Crippen LogP contribution in [0.15, 0.2) is 0 Å². The summed E-state index contributed by atoms with van der Waals surface area (Å²) < 4.78 is 18.8. The molecule has 0 radical (unpaired) electrons. The Kier molecular flexibility index (Phi) is 3.52. The Morgan fingerprint density at radius 2 is 2.12 bits per heavy atom. The van der Waals surface area contributed by atoms with Gasteiger partial charge in [-0.15, -0.1) is 0 Å². The van der Waals surface area contributed by atoms with Crippen LogP contribution in [0.25, 0.3) is 0 Å². The fraction of sp³-hybridized carbons (Fsp3) is 1.00. The lowest BCUT2D eigenvalue weighted by atomic mass is 10.1. The molecular weight excluding hydrogens is 209 g/mol. The van der Waals surface area contributed by atoms with Gasteiger partial charge in [0.1, 0.15) is 6.17 Å². The standard InChI is InChI=1S/C12H22FNO2/c1-9(2)16-8-12(3-4-12)7-14-5-10(13)11(15)6-14/h9-11,15H,3-8H2,1-2H3/t10-,11-/m1/s1. The van der Waals surface area contributed by atoms with Crippen molar-refractivity contribution in [2.24, 2.45) is 5.41 Å². The number of likely N-dealkylation sites (tertiary alicyclic amines) is 1. The van der Waals surface area contributed by atoms with Crippen LogP contribution in [-0.2, 0) is 4.74 Å². The summed E-state index contributed by atoms with van der Waals surface area (Å²) in [5.74, 6) is 0. The summed E-state index contributed by atoms with van der Waals surface area (Å²) in [5.41, 5.74) is 0.244. The molecule has 0 aromatic heterocycles. The van der Waals surface area contributed by atoms with E-state index >= 15 is 0 Å². The van der Waals surface area contributed by atoms with Gasteiger partial charge < -0.3 is 9.84 Å². The van der Waals surface area contributed by atoms with Crippen LogP contribution in [0.3, 0.4) is 0 Å². The highest BCUT2D eigenvalue weighted by molar-refractivity contribution is 4.98. The van der Waals surface area contributed by atoms with Crippen molar-refractivity contribution in [2.75, 3.05) is 26.2 Å². The van der Waals surface area contributed by atoms with Crippen molar-refractivity contribution in [2.45, 2.75) is 45.1 Å². The van der Waals surface area contributed by atoms with Gasteiger partial charge in [0, 0.05) is 25.0 Å². The Bertz CT molecular complexity index is 233. The second-order valence-corrected chi connectivity index (χ2v) is 5.64. The Labute approximate surface area is 96.6 Å². The molecule has 0 aromatic carbocycles. The third kappa shape index (κ3) is 2.93. The van der Waals surface area contributed by atoms with E-state index in [4.69, 9.17) is 4.74 Å². The van der Waals surface area contributed by atoms with Crippen LogP contribution < -0.4 is 0 Å². The first kappa shape index (κ1) is 12.3. The van der Waals surface area contributed by atoms with Crippen molar-refractivity contribution in [1.82, 2.24) is 4.90 Å². The van der Waals surface area contributed by atoms with Crippen LogP contribution >= 0.6 is 0 Å². The zero-order chi connectivity index (χ0) is 11.8. The van der Waals surface area contributed by atoms with Crippen molar-refractivity contribution < 1.29 is 14.2 Å². The predicted octanol–water partition coefficient (Wildman–Crippen LogP) is 1.21. The quantitative estimate of drug-likeness (QED) is 0.772. The molecule has 1 aliphatic heterocycles. The predicted molar refractivity (Wildman–Crippen MR) is 60.1 cm³/mol. The van der Waals surface area contributed by atoms with Crippen molar-refractivity contribution in [3.05, 3.63) is 0 Å². The molecule has 1 aliphatic carbocycles. The summed E-state index contributed by atoms with van der Waals surface area (Å²) in [6.45, 7) is 6.57. The Morgan fingerprint density at radius 3 is 2.56 bits per heavy atom. The van der Waals surface area contributed by atoms with Gasteiger partial charge in [-0.1, -0.05) is 0 Å². The van der Waals surface area contributed by atoms with Gasteiger partial charge in [-0.3, -0.25) is 4.90 Å². The smallest absolute Gasteiger partial charge is 0.140 e. The Balaban J connectivity index is 1.77. The molecule has 16 heavy (non-hydrogen) atoms. The molecule has 1 saturated heterocycles. The normalized spacial score (nSPS) is 33.6. The number of nitrogens with zero attached hydrogens (tertiary/aromatic N) is 1. The summed E-state index contributed by atoms with van der Waals surface area (Å²) in [6.07, 6.45) is 0.742. The molecule has 1 saturated carbocycles. The first-order chi connectivity index (χ1) is 7.51. The van der Waals surface area contributed by atoms with Gasteiger partial charge in [-0.25, -0.2) is 4.39 Å². The Hall–Kier alpha value is -0.190. The number of β-amino-alcohol motifs (C(OH)–C–C–N with tert-alkyl or cyclic N) is 1. The fourth-order valence-electron chi connectivity index (χ4n) is 2.29. The van der Waals surface area contributed by atoms with Gasteiger partial charge >= 0.3 is 0 Å². The van der Waals surface area contributed by atoms with Crippen LogP contribution in [0.4, 0.5) is 4.39 Å². The van der Waals surface area contributed by atoms with E-state index in [-0.39, 0.29) is 11.5 Å². The maximum Gasteiger partial charge on any atom is 0.140 e. The maximum atomic E-state index is 13.2. The summed E-state index contributed by atoms with van der Waals surface area (Å²) >= 11 is 0. The molecule has 2 rings (SSSR count). The zero-order valence-corrected chi connectivity index (χ0v) is 10.2. The highest BCUT2D eigenvalue weighted by Crippen LogP contribution is 2.47. The van der Waals surface area contributed by atoms with E-state index in [9.17, 15) is 9.50 Å². The zero-order valence-electron chi connectivity index (χ0n) is 10.2. The highest BCUT2D eigenvalue weighted by Gasteiger charge is 2.46. The van der Waals surface area contributed by atoms with Crippen LogP contribution in [0.1, 0.15) is 26.7 Å². The molecule has 3 nitrogen and oxygen atoms in total. The monoisotopic (exact) mass is 231 g/mol. The van der Waals surface area contributed by atoms with Crippen molar-refractivity contribution in [1.29, 1.82) is 0 Å². The number of rotatable bonds is 5. The SMILES string of the molecule is CC(C)OCC1(CN2C[C@@H](O)[C@H](F)C2)CC1. The number of alkyl halides is 1. The molecule has 1 heterocycles. The average molecular weight is 231 g/mol. The van der Waals surface area contributed by atoms with Crippen LogP contribution in [0.5, 0.6) is 0 Å². The number of aliphatic hydroxyl groups excluding tert-OH is 1. The highest BCUT2D eigenvalue weighted by atomic mass is 19.1. The third-order valence-corrected chi connectivity index (χ3v) is 3.53. The first-order valence-electron chi connectivity index (χ1n) is 6.17. The minimum absolute atomic E-state index is 0.244. The molecule has 2 atom stereocenters. The van der Waals surface area contributed by atoms with Crippen LogP contribution in [0.2, 0.25) is 0 Å². The molecule has 2 aliphatic rings. The maximum absolute atomic E-state index is 13.2. The molecule has 0 amide bonds. The Morgan fingerprint density at radius 1 is 1.44 bits per heavy atom. The molecule has 2 fully saturated rings. The molecule has 4 heteroatoms. The van der Waals surface area contributed by atoms with Gasteiger partial charge in [-0.2, -0.15) is 0 Å². The second-order valence-electron chi connectivity index (χ2n) is 5.64. The summed E-state index contributed by atoms with van der Waals surface area (Å²) in [5, 5.41) is 9.36. The lowest BCUT2D eigenvalue weighted by molar-refractivity contribution is 0.0321. The van der Waals surface area contributed by atoms with Crippen LogP contribution in [-0.4, -0.2) is 54.6 Å². The first-order valence-corrected chi connectivity index (χ1v) is 6.17. The number of hydrogen-bond donors (Lipinski definition) is 1. The van der Waals surface area contributed by atoms with Gasteiger partial charge in [0.05, 0.1) is 18.8 Å². The van der Waals surface area contributed by atoms with E-state index in [0.717, 1.165) is 13.2 Å². The number of hydrogen-bond acceptors (Lipinski definition) is 3. The number of halogens is 1. The van der Waals surface area contributed by atoms with Crippen molar-refractivity contribution in [3.8, 4) is 0 Å². The summed E-state index contributed by atoms with van der Waals surface area (Å²) in [4.78, 5) is 2.03. The topological polar surface area (TPSA) is 32.7 Å². The molecular formula is C12H22FNO2. The minimum Gasteiger partial charge on any atom is -0.389 e. The van der Waals surface area contributed by atoms with Crippen molar-refractivity contribution in [3.63, 3.8) is 0 Å². The number of ether oxygens (including phenoxy) is 1. The summed E-state index contributed by atoms with van der Waals surface area (Å²) in [6, 6.07) is 0.